The summed E-state index contributed by atoms with van der Waals surface area (Å²) >= 11 is 0. The summed E-state index contributed by atoms with van der Waals surface area (Å²) < 4.78 is 0.956. The van der Waals surface area contributed by atoms with Crippen molar-refractivity contribution in [3.8, 4) is 0 Å². The first-order valence-electron chi connectivity index (χ1n) is 8.65. The van der Waals surface area contributed by atoms with E-state index < -0.39 is 11.2 Å². The van der Waals surface area contributed by atoms with E-state index >= 15 is 0 Å². The first-order chi connectivity index (χ1) is 13.1. The van der Waals surface area contributed by atoms with Gasteiger partial charge in [0.05, 0.1) is 10.9 Å². The molecule has 0 radical (unpaired) electrons. The van der Waals surface area contributed by atoms with E-state index in [0.29, 0.717) is 43.0 Å². The Kier molecular flexibility index (Phi) is 4.41. The van der Waals surface area contributed by atoms with E-state index in [2.05, 4.69) is 15.0 Å². The zero-order chi connectivity index (χ0) is 18.8. The van der Waals surface area contributed by atoms with Gasteiger partial charge in [-0.05, 0) is 18.2 Å². The predicted molar refractivity (Wildman–Crippen MR) is 99.7 cm³/mol. The SMILES string of the molecule is O=C(Cn1c(=O)[nH]c2ccccc2c1=O)N1CCN(c2ncccn2)CC1. The fourth-order valence-corrected chi connectivity index (χ4v) is 3.19. The normalized spacial score (nSPS) is 14.5. The highest BCUT2D eigenvalue weighted by Gasteiger charge is 2.23. The molecule has 0 spiro atoms. The molecule has 0 bridgehead atoms. The second-order valence-electron chi connectivity index (χ2n) is 6.28. The Morgan fingerprint density at radius 1 is 1.00 bits per heavy atom. The molecule has 4 rings (SSSR count). The molecule has 0 unspecified atom stereocenters. The van der Waals surface area contributed by atoms with E-state index in [4.69, 9.17) is 0 Å². The number of piperazine rings is 1. The average molecular weight is 366 g/mol. The molecule has 9 heteroatoms. The smallest absolute Gasteiger partial charge is 0.329 e. The number of rotatable bonds is 3. The summed E-state index contributed by atoms with van der Waals surface area (Å²) in [7, 11) is 0. The molecule has 9 nitrogen and oxygen atoms in total. The lowest BCUT2D eigenvalue weighted by atomic mass is 10.2. The van der Waals surface area contributed by atoms with Crippen molar-refractivity contribution in [3.05, 3.63) is 63.6 Å². The summed E-state index contributed by atoms with van der Waals surface area (Å²) in [4.78, 5) is 52.1. The Morgan fingerprint density at radius 3 is 2.44 bits per heavy atom. The van der Waals surface area contributed by atoms with Gasteiger partial charge in [-0.1, -0.05) is 12.1 Å². The van der Waals surface area contributed by atoms with Crippen molar-refractivity contribution in [1.82, 2.24) is 24.4 Å². The zero-order valence-corrected chi connectivity index (χ0v) is 14.5. The number of hydrogen-bond acceptors (Lipinski definition) is 6. The van der Waals surface area contributed by atoms with Gasteiger partial charge in [0.25, 0.3) is 5.56 Å². The van der Waals surface area contributed by atoms with Crippen molar-refractivity contribution in [3.63, 3.8) is 0 Å². The molecular weight excluding hydrogens is 348 g/mol. The van der Waals surface area contributed by atoms with Gasteiger partial charge in [0.2, 0.25) is 11.9 Å². The summed E-state index contributed by atoms with van der Waals surface area (Å²) in [5.74, 6) is 0.373. The minimum atomic E-state index is -0.580. The third-order valence-electron chi connectivity index (χ3n) is 4.65. The molecule has 0 aliphatic carbocycles. The third-order valence-corrected chi connectivity index (χ3v) is 4.65. The molecule has 1 aromatic carbocycles. The molecule has 2 aromatic heterocycles. The van der Waals surface area contributed by atoms with Crippen LogP contribution in [0, 0.1) is 0 Å². The Bertz CT molecular complexity index is 1080. The molecular formula is C18H18N6O3. The number of amides is 1. The Hall–Kier alpha value is -3.49. The van der Waals surface area contributed by atoms with Crippen LogP contribution in [-0.4, -0.2) is 56.5 Å². The first-order valence-corrected chi connectivity index (χ1v) is 8.65. The first kappa shape index (κ1) is 17.0. The van der Waals surface area contributed by atoms with Crippen molar-refractivity contribution in [1.29, 1.82) is 0 Å². The number of nitrogens with zero attached hydrogens (tertiary/aromatic N) is 5. The van der Waals surface area contributed by atoms with Gasteiger partial charge in [-0.15, -0.1) is 0 Å². The number of carbonyl (C=O) groups excluding carboxylic acids is 1. The fourth-order valence-electron chi connectivity index (χ4n) is 3.19. The Labute approximate surface area is 153 Å². The number of anilines is 1. The molecule has 3 aromatic rings. The molecule has 0 atom stereocenters. The van der Waals surface area contributed by atoms with E-state index in [0.717, 1.165) is 4.57 Å². The van der Waals surface area contributed by atoms with Crippen LogP contribution in [0.5, 0.6) is 0 Å². The minimum absolute atomic E-state index is 0.258. The molecule has 1 fully saturated rings. The monoisotopic (exact) mass is 366 g/mol. The lowest BCUT2D eigenvalue weighted by Crippen LogP contribution is -2.51. The highest BCUT2D eigenvalue weighted by atomic mass is 16.2. The van der Waals surface area contributed by atoms with Crippen molar-refractivity contribution >= 4 is 22.8 Å². The number of carbonyl (C=O) groups is 1. The molecule has 1 amide bonds. The summed E-state index contributed by atoms with van der Waals surface area (Å²) in [6.07, 6.45) is 3.36. The summed E-state index contributed by atoms with van der Waals surface area (Å²) in [5.41, 5.74) is -0.574. The predicted octanol–water partition coefficient (Wildman–Crippen LogP) is -0.171. The summed E-state index contributed by atoms with van der Waals surface area (Å²) in [6, 6.07) is 8.51. The van der Waals surface area contributed by atoms with Gasteiger partial charge in [0.1, 0.15) is 6.54 Å². The van der Waals surface area contributed by atoms with Crippen LogP contribution in [0.15, 0.2) is 52.3 Å². The molecule has 3 heterocycles. The van der Waals surface area contributed by atoms with Crippen LogP contribution >= 0.6 is 0 Å². The average Bonchev–Trinajstić information content (AvgIpc) is 2.72. The van der Waals surface area contributed by atoms with Gasteiger partial charge >= 0.3 is 5.69 Å². The van der Waals surface area contributed by atoms with E-state index in [1.54, 1.807) is 47.6 Å². The van der Waals surface area contributed by atoms with Crippen LogP contribution < -0.4 is 16.1 Å². The maximum atomic E-state index is 12.6. The zero-order valence-electron chi connectivity index (χ0n) is 14.5. The van der Waals surface area contributed by atoms with E-state index in [1.165, 1.54) is 0 Å². The fraction of sp³-hybridized carbons (Fsp3) is 0.278. The van der Waals surface area contributed by atoms with Crippen molar-refractivity contribution in [2.24, 2.45) is 0 Å². The van der Waals surface area contributed by atoms with Crippen LogP contribution in [0.1, 0.15) is 0 Å². The molecule has 1 aliphatic heterocycles. The topological polar surface area (TPSA) is 104 Å². The highest BCUT2D eigenvalue weighted by molar-refractivity contribution is 5.79. The Balaban J connectivity index is 1.48. The van der Waals surface area contributed by atoms with Gasteiger partial charge in [0.15, 0.2) is 0 Å². The summed E-state index contributed by atoms with van der Waals surface area (Å²) in [6.45, 7) is 1.88. The number of aromatic nitrogens is 4. The highest BCUT2D eigenvalue weighted by Crippen LogP contribution is 2.10. The number of nitrogens with one attached hydrogen (secondary N) is 1. The Morgan fingerprint density at radius 2 is 1.70 bits per heavy atom. The number of fused-ring (bicyclic) bond motifs is 1. The molecule has 1 N–H and O–H groups in total. The molecule has 138 valence electrons. The largest absolute Gasteiger partial charge is 0.338 e. The number of aromatic amines is 1. The third kappa shape index (κ3) is 3.31. The minimum Gasteiger partial charge on any atom is -0.338 e. The maximum Gasteiger partial charge on any atom is 0.329 e. The maximum absolute atomic E-state index is 12.6. The standard InChI is InChI=1S/C18H18N6O3/c25-15(22-8-10-23(11-9-22)17-19-6-3-7-20-17)12-24-16(26)13-4-1-2-5-14(13)21-18(24)27/h1-7H,8-12H2,(H,21,27). The van der Waals surface area contributed by atoms with Crippen LogP contribution in [0.4, 0.5) is 5.95 Å². The van der Waals surface area contributed by atoms with Crippen LogP contribution in [0.2, 0.25) is 0 Å². The summed E-state index contributed by atoms with van der Waals surface area (Å²) in [5, 5.41) is 0.385. The van der Waals surface area contributed by atoms with Gasteiger partial charge < -0.3 is 14.8 Å². The molecule has 1 saturated heterocycles. The van der Waals surface area contributed by atoms with Crippen molar-refractivity contribution in [2.75, 3.05) is 31.1 Å². The molecule has 1 aliphatic rings. The van der Waals surface area contributed by atoms with Gasteiger partial charge in [-0.3, -0.25) is 14.2 Å². The second-order valence-corrected chi connectivity index (χ2v) is 6.28. The number of para-hydroxylation sites is 1. The number of hydrogen-bond donors (Lipinski definition) is 1. The van der Waals surface area contributed by atoms with E-state index in [9.17, 15) is 14.4 Å². The van der Waals surface area contributed by atoms with Crippen molar-refractivity contribution in [2.45, 2.75) is 6.54 Å². The van der Waals surface area contributed by atoms with Gasteiger partial charge in [-0.25, -0.2) is 14.8 Å². The quantitative estimate of drug-likeness (QED) is 0.690. The van der Waals surface area contributed by atoms with Crippen LogP contribution in [-0.2, 0) is 11.3 Å². The van der Waals surface area contributed by atoms with E-state index in [1.807, 2.05) is 4.90 Å². The molecule has 0 saturated carbocycles. The van der Waals surface area contributed by atoms with Gasteiger partial charge in [0, 0.05) is 38.6 Å². The van der Waals surface area contributed by atoms with E-state index in [-0.39, 0.29) is 12.5 Å². The van der Waals surface area contributed by atoms with Crippen LogP contribution in [0.25, 0.3) is 10.9 Å². The second kappa shape index (κ2) is 7.02. The number of H-pyrrole nitrogens is 1. The van der Waals surface area contributed by atoms with Crippen molar-refractivity contribution < 1.29 is 4.79 Å². The molecule has 27 heavy (non-hydrogen) atoms. The van der Waals surface area contributed by atoms with Crippen LogP contribution in [0.3, 0.4) is 0 Å². The lowest BCUT2D eigenvalue weighted by Gasteiger charge is -2.34. The number of benzene rings is 1. The lowest BCUT2D eigenvalue weighted by molar-refractivity contribution is -0.132. The van der Waals surface area contributed by atoms with Gasteiger partial charge in [-0.2, -0.15) is 0 Å².